The SMILES string of the molecule is CONc1c(OC(C)(C)C)c(=O)c1=O. The number of rotatable bonds is 3. The maximum atomic E-state index is 11.1. The van der Waals surface area contributed by atoms with E-state index in [-0.39, 0.29) is 11.4 Å². The summed E-state index contributed by atoms with van der Waals surface area (Å²) in [6.45, 7) is 5.38. The molecule has 0 amide bonds. The number of nitrogens with one attached hydrogen (secondary N) is 1. The van der Waals surface area contributed by atoms with Crippen LogP contribution in [0.15, 0.2) is 9.59 Å². The lowest BCUT2D eigenvalue weighted by molar-refractivity contribution is 0.126. The van der Waals surface area contributed by atoms with Gasteiger partial charge in [0.05, 0.1) is 7.11 Å². The lowest BCUT2D eigenvalue weighted by atomic mass is 10.1. The van der Waals surface area contributed by atoms with E-state index in [1.807, 2.05) is 0 Å². The zero-order valence-electron chi connectivity index (χ0n) is 8.63. The molecule has 1 aromatic rings. The summed E-state index contributed by atoms with van der Waals surface area (Å²) in [4.78, 5) is 26.7. The highest BCUT2D eigenvalue weighted by atomic mass is 16.6. The topological polar surface area (TPSA) is 64.6 Å². The van der Waals surface area contributed by atoms with Crippen molar-refractivity contribution in [2.45, 2.75) is 26.4 Å². The van der Waals surface area contributed by atoms with Gasteiger partial charge in [-0.15, -0.1) is 0 Å². The molecule has 0 saturated heterocycles. The number of hydrogen-bond acceptors (Lipinski definition) is 5. The Hall–Kier alpha value is -1.36. The van der Waals surface area contributed by atoms with Crippen LogP contribution in [0.3, 0.4) is 0 Å². The average molecular weight is 199 g/mol. The molecule has 14 heavy (non-hydrogen) atoms. The normalized spacial score (nSPS) is 11.7. The van der Waals surface area contributed by atoms with Crippen molar-refractivity contribution < 1.29 is 9.57 Å². The Balaban J connectivity index is 2.93. The highest BCUT2D eigenvalue weighted by Crippen LogP contribution is 2.22. The van der Waals surface area contributed by atoms with Gasteiger partial charge in [0.25, 0.3) is 10.9 Å². The summed E-state index contributed by atoms with van der Waals surface area (Å²) in [6.07, 6.45) is 0. The quantitative estimate of drug-likeness (QED) is 0.565. The summed E-state index contributed by atoms with van der Waals surface area (Å²) >= 11 is 0. The molecule has 78 valence electrons. The van der Waals surface area contributed by atoms with Crippen molar-refractivity contribution >= 4 is 5.69 Å². The van der Waals surface area contributed by atoms with Gasteiger partial charge in [-0.2, -0.15) is 0 Å². The second-order valence-electron chi connectivity index (χ2n) is 3.88. The Morgan fingerprint density at radius 1 is 1.14 bits per heavy atom. The molecule has 0 aromatic heterocycles. The first-order chi connectivity index (χ1) is 6.37. The van der Waals surface area contributed by atoms with Crippen molar-refractivity contribution in [2.75, 3.05) is 12.6 Å². The van der Waals surface area contributed by atoms with Crippen molar-refractivity contribution in [3.63, 3.8) is 0 Å². The van der Waals surface area contributed by atoms with E-state index in [4.69, 9.17) is 4.74 Å². The minimum Gasteiger partial charge on any atom is -0.482 e. The summed E-state index contributed by atoms with van der Waals surface area (Å²) in [5.74, 6) is 0.0457. The van der Waals surface area contributed by atoms with Crippen LogP contribution in [0.4, 0.5) is 5.69 Å². The summed E-state index contributed by atoms with van der Waals surface area (Å²) in [7, 11) is 1.36. The van der Waals surface area contributed by atoms with E-state index in [9.17, 15) is 9.59 Å². The van der Waals surface area contributed by atoms with Gasteiger partial charge in [-0.1, -0.05) is 0 Å². The molecule has 5 nitrogen and oxygen atoms in total. The molecule has 1 aromatic carbocycles. The van der Waals surface area contributed by atoms with E-state index >= 15 is 0 Å². The summed E-state index contributed by atoms with van der Waals surface area (Å²) in [5, 5.41) is 0. The summed E-state index contributed by atoms with van der Waals surface area (Å²) in [5.41, 5.74) is 0.685. The first-order valence-electron chi connectivity index (χ1n) is 4.18. The van der Waals surface area contributed by atoms with Crippen LogP contribution >= 0.6 is 0 Å². The van der Waals surface area contributed by atoms with Crippen LogP contribution in [0.5, 0.6) is 5.75 Å². The molecular formula is C9H13NO4. The van der Waals surface area contributed by atoms with Crippen molar-refractivity contribution in [3.05, 3.63) is 20.4 Å². The van der Waals surface area contributed by atoms with Gasteiger partial charge in [0.15, 0.2) is 5.69 Å². The van der Waals surface area contributed by atoms with E-state index in [2.05, 4.69) is 10.3 Å². The number of anilines is 1. The average Bonchev–Trinajstić information content (AvgIpc) is 2.09. The standard InChI is InChI=1S/C9H13NO4/c1-9(2,3)14-8-5(10-13-4)6(11)7(8)12/h10H,1-4H3. The van der Waals surface area contributed by atoms with E-state index in [1.165, 1.54) is 7.11 Å². The van der Waals surface area contributed by atoms with Crippen LogP contribution in [0, 0.1) is 0 Å². The molecule has 0 bridgehead atoms. The summed E-state index contributed by atoms with van der Waals surface area (Å²) < 4.78 is 5.29. The molecule has 0 heterocycles. The lowest BCUT2D eigenvalue weighted by Gasteiger charge is -2.23. The molecule has 0 atom stereocenters. The molecule has 0 spiro atoms. The van der Waals surface area contributed by atoms with Crippen molar-refractivity contribution in [2.24, 2.45) is 0 Å². The Morgan fingerprint density at radius 2 is 1.71 bits per heavy atom. The first kappa shape index (κ1) is 10.7. The highest BCUT2D eigenvalue weighted by molar-refractivity contribution is 5.60. The number of hydrogen-bond donors (Lipinski definition) is 1. The monoisotopic (exact) mass is 199 g/mol. The molecule has 0 fully saturated rings. The third-order valence-electron chi connectivity index (χ3n) is 1.48. The molecule has 1 rings (SSSR count). The summed E-state index contributed by atoms with van der Waals surface area (Å²) in [6, 6.07) is 0. The smallest absolute Gasteiger partial charge is 0.272 e. The molecule has 0 aliphatic carbocycles. The number of ether oxygens (including phenoxy) is 1. The molecule has 0 radical (unpaired) electrons. The Bertz CT molecular complexity index is 395. The Kier molecular flexibility index (Phi) is 2.62. The van der Waals surface area contributed by atoms with Crippen LogP contribution < -0.4 is 21.1 Å². The highest BCUT2D eigenvalue weighted by Gasteiger charge is 2.26. The fraction of sp³-hybridized carbons (Fsp3) is 0.556. The predicted molar refractivity (Wildman–Crippen MR) is 52.4 cm³/mol. The van der Waals surface area contributed by atoms with E-state index < -0.39 is 16.5 Å². The van der Waals surface area contributed by atoms with Gasteiger partial charge in [-0.05, 0) is 20.8 Å². The van der Waals surface area contributed by atoms with Gasteiger partial charge in [0.2, 0.25) is 5.75 Å². The molecule has 0 unspecified atom stereocenters. The van der Waals surface area contributed by atoms with Crippen LogP contribution in [-0.4, -0.2) is 12.7 Å². The van der Waals surface area contributed by atoms with Crippen LogP contribution in [0.1, 0.15) is 20.8 Å². The largest absolute Gasteiger partial charge is 0.482 e. The van der Waals surface area contributed by atoms with Gasteiger partial charge in [-0.25, -0.2) is 0 Å². The molecule has 5 heteroatoms. The van der Waals surface area contributed by atoms with Gasteiger partial charge in [0, 0.05) is 0 Å². The minimum atomic E-state index is -0.612. The maximum absolute atomic E-state index is 11.1. The minimum absolute atomic E-state index is 0.0457. The van der Waals surface area contributed by atoms with Gasteiger partial charge in [0.1, 0.15) is 5.60 Å². The van der Waals surface area contributed by atoms with Crippen LogP contribution in [-0.2, 0) is 4.84 Å². The third-order valence-corrected chi connectivity index (χ3v) is 1.48. The van der Waals surface area contributed by atoms with E-state index in [0.717, 1.165) is 0 Å². The molecule has 0 aliphatic rings. The zero-order valence-corrected chi connectivity index (χ0v) is 8.63. The van der Waals surface area contributed by atoms with Gasteiger partial charge in [-0.3, -0.25) is 19.9 Å². The van der Waals surface area contributed by atoms with Crippen molar-refractivity contribution in [1.82, 2.24) is 0 Å². The zero-order chi connectivity index (χ0) is 10.9. The van der Waals surface area contributed by atoms with Crippen molar-refractivity contribution in [3.8, 4) is 5.75 Å². The fourth-order valence-corrected chi connectivity index (χ4v) is 0.969. The fourth-order valence-electron chi connectivity index (χ4n) is 0.969. The van der Waals surface area contributed by atoms with E-state index in [1.54, 1.807) is 20.8 Å². The molecule has 1 N–H and O–H groups in total. The lowest BCUT2D eigenvalue weighted by Crippen LogP contribution is -2.39. The maximum Gasteiger partial charge on any atom is 0.272 e. The molecular weight excluding hydrogens is 186 g/mol. The second-order valence-corrected chi connectivity index (χ2v) is 3.88. The predicted octanol–water partition coefficient (Wildman–Crippen LogP) is 0.433. The Morgan fingerprint density at radius 3 is 2.14 bits per heavy atom. The van der Waals surface area contributed by atoms with Crippen LogP contribution in [0.2, 0.25) is 0 Å². The van der Waals surface area contributed by atoms with Gasteiger partial charge >= 0.3 is 0 Å². The first-order valence-corrected chi connectivity index (χ1v) is 4.18. The van der Waals surface area contributed by atoms with E-state index in [0.29, 0.717) is 0 Å². The van der Waals surface area contributed by atoms with Crippen molar-refractivity contribution in [1.29, 1.82) is 0 Å². The van der Waals surface area contributed by atoms with Gasteiger partial charge < -0.3 is 4.74 Å². The molecule has 0 aliphatic heterocycles. The third kappa shape index (κ3) is 1.93. The second kappa shape index (κ2) is 3.42. The molecule has 0 saturated carbocycles. The van der Waals surface area contributed by atoms with Crippen LogP contribution in [0.25, 0.3) is 0 Å². The Labute approximate surface area is 81.3 Å².